The highest BCUT2D eigenvalue weighted by Crippen LogP contribution is 2.39. The zero-order valence-corrected chi connectivity index (χ0v) is 14.2. The van der Waals surface area contributed by atoms with Crippen molar-refractivity contribution in [2.24, 2.45) is 5.92 Å². The summed E-state index contributed by atoms with van der Waals surface area (Å²) in [4.78, 5) is 4.75. The predicted molar refractivity (Wildman–Crippen MR) is 90.3 cm³/mol. The first-order chi connectivity index (χ1) is 10.1. The van der Waals surface area contributed by atoms with Crippen LogP contribution < -0.4 is 0 Å². The summed E-state index contributed by atoms with van der Waals surface area (Å²) in [7, 11) is 0. The number of nitrogens with zero attached hydrogens (tertiary/aromatic N) is 2. The molecule has 1 aliphatic carbocycles. The Morgan fingerprint density at radius 2 is 2.19 bits per heavy atom. The number of imidazole rings is 1. The Kier molecular flexibility index (Phi) is 4.46. The summed E-state index contributed by atoms with van der Waals surface area (Å²) in [5.41, 5.74) is 2.13. The molecule has 3 rings (SSSR count). The monoisotopic (exact) mass is 324 g/mol. The average molecular weight is 325 g/mol. The van der Waals surface area contributed by atoms with E-state index in [0.29, 0.717) is 6.04 Å². The summed E-state index contributed by atoms with van der Waals surface area (Å²) < 4.78 is 2.38. The molecule has 3 unspecified atom stereocenters. The summed E-state index contributed by atoms with van der Waals surface area (Å²) in [6.45, 7) is 4.30. The van der Waals surface area contributed by atoms with Crippen LogP contribution in [0.2, 0.25) is 5.02 Å². The lowest BCUT2D eigenvalue weighted by molar-refractivity contribution is 0.261. The van der Waals surface area contributed by atoms with Crippen LogP contribution >= 0.6 is 23.2 Å². The summed E-state index contributed by atoms with van der Waals surface area (Å²) >= 11 is 12.5. The van der Waals surface area contributed by atoms with Gasteiger partial charge in [-0.25, -0.2) is 4.98 Å². The number of hydrogen-bond donors (Lipinski definition) is 0. The van der Waals surface area contributed by atoms with Crippen molar-refractivity contribution >= 4 is 34.2 Å². The fourth-order valence-corrected chi connectivity index (χ4v) is 3.94. The van der Waals surface area contributed by atoms with Crippen LogP contribution in [-0.2, 0) is 0 Å². The highest BCUT2D eigenvalue weighted by atomic mass is 35.5. The summed E-state index contributed by atoms with van der Waals surface area (Å²) in [5, 5.41) is 0.647. The molecule has 1 fully saturated rings. The van der Waals surface area contributed by atoms with E-state index in [-0.39, 0.29) is 5.38 Å². The largest absolute Gasteiger partial charge is 0.324 e. The van der Waals surface area contributed by atoms with Crippen LogP contribution in [0.1, 0.15) is 63.2 Å². The van der Waals surface area contributed by atoms with Crippen LogP contribution in [0.15, 0.2) is 18.2 Å². The summed E-state index contributed by atoms with van der Waals surface area (Å²) in [5.74, 6) is 1.81. The number of aromatic nitrogens is 2. The maximum absolute atomic E-state index is 6.39. The molecule has 1 saturated carbocycles. The number of rotatable bonds is 3. The molecule has 0 aliphatic heterocycles. The lowest BCUT2D eigenvalue weighted by atomic mass is 9.84. The number of fused-ring (bicyclic) bond motifs is 1. The second kappa shape index (κ2) is 6.18. The Labute approximate surface area is 136 Å². The van der Waals surface area contributed by atoms with E-state index in [2.05, 4.69) is 17.6 Å². The van der Waals surface area contributed by atoms with Gasteiger partial charge < -0.3 is 4.57 Å². The van der Waals surface area contributed by atoms with Crippen molar-refractivity contribution in [3.63, 3.8) is 0 Å². The summed E-state index contributed by atoms with van der Waals surface area (Å²) in [6.07, 6.45) is 6.38. The van der Waals surface area contributed by atoms with Gasteiger partial charge >= 0.3 is 0 Å². The molecule has 0 amide bonds. The molecule has 21 heavy (non-hydrogen) atoms. The van der Waals surface area contributed by atoms with E-state index < -0.39 is 0 Å². The van der Waals surface area contributed by atoms with Crippen LogP contribution in [-0.4, -0.2) is 9.55 Å². The SMILES string of the molecule is CCC1CCCC(n2c(C(C)Cl)nc3cc(Cl)ccc32)C1. The van der Waals surface area contributed by atoms with Crippen molar-refractivity contribution in [2.45, 2.75) is 57.4 Å². The predicted octanol–water partition coefficient (Wildman–Crippen LogP) is 6.13. The van der Waals surface area contributed by atoms with Crippen LogP contribution in [0.4, 0.5) is 0 Å². The van der Waals surface area contributed by atoms with Gasteiger partial charge in [0.1, 0.15) is 5.82 Å². The number of benzene rings is 1. The second-order valence-electron chi connectivity index (χ2n) is 6.18. The van der Waals surface area contributed by atoms with Gasteiger partial charge in [0.05, 0.1) is 16.4 Å². The Morgan fingerprint density at radius 3 is 2.90 bits per heavy atom. The van der Waals surface area contributed by atoms with Crippen LogP contribution in [0.3, 0.4) is 0 Å². The Balaban J connectivity index is 2.08. The van der Waals surface area contributed by atoms with Crippen LogP contribution in [0, 0.1) is 5.92 Å². The van der Waals surface area contributed by atoms with E-state index >= 15 is 0 Å². The number of alkyl halides is 1. The van der Waals surface area contributed by atoms with Gasteiger partial charge in [0, 0.05) is 11.1 Å². The molecule has 2 aromatic rings. The first-order valence-electron chi connectivity index (χ1n) is 7.91. The van der Waals surface area contributed by atoms with Crippen molar-refractivity contribution in [2.75, 3.05) is 0 Å². The van der Waals surface area contributed by atoms with E-state index in [9.17, 15) is 0 Å². The molecule has 1 aromatic heterocycles. The molecular weight excluding hydrogens is 303 g/mol. The molecule has 0 saturated heterocycles. The zero-order chi connectivity index (χ0) is 15.0. The van der Waals surface area contributed by atoms with Gasteiger partial charge in [-0.2, -0.15) is 0 Å². The minimum Gasteiger partial charge on any atom is -0.324 e. The van der Waals surface area contributed by atoms with E-state index in [1.807, 2.05) is 19.1 Å². The molecule has 2 nitrogen and oxygen atoms in total. The van der Waals surface area contributed by atoms with Gasteiger partial charge in [-0.1, -0.05) is 37.8 Å². The third-order valence-corrected chi connectivity index (χ3v) is 5.16. The summed E-state index contributed by atoms with van der Waals surface area (Å²) in [6, 6.07) is 6.50. The van der Waals surface area contributed by atoms with Crippen LogP contribution in [0.5, 0.6) is 0 Å². The van der Waals surface area contributed by atoms with Gasteiger partial charge in [-0.05, 0) is 43.9 Å². The maximum Gasteiger partial charge on any atom is 0.127 e. The molecule has 0 bridgehead atoms. The molecule has 3 atom stereocenters. The minimum absolute atomic E-state index is 0.0850. The highest BCUT2D eigenvalue weighted by molar-refractivity contribution is 6.31. The third-order valence-electron chi connectivity index (χ3n) is 4.73. The molecule has 1 heterocycles. The van der Waals surface area contributed by atoms with E-state index in [1.165, 1.54) is 37.6 Å². The minimum atomic E-state index is -0.0850. The fraction of sp³-hybridized carbons (Fsp3) is 0.588. The lowest BCUT2D eigenvalue weighted by Crippen LogP contribution is -2.20. The van der Waals surface area contributed by atoms with Gasteiger partial charge in [0.25, 0.3) is 0 Å². The van der Waals surface area contributed by atoms with Gasteiger partial charge in [0.15, 0.2) is 0 Å². The van der Waals surface area contributed by atoms with E-state index in [0.717, 1.165) is 22.3 Å². The molecular formula is C17H22Cl2N2. The molecule has 1 aromatic carbocycles. The van der Waals surface area contributed by atoms with Gasteiger partial charge in [-0.3, -0.25) is 0 Å². The van der Waals surface area contributed by atoms with Crippen molar-refractivity contribution in [3.05, 3.63) is 29.0 Å². The fourth-order valence-electron chi connectivity index (χ4n) is 3.62. The van der Waals surface area contributed by atoms with Crippen molar-refractivity contribution in [3.8, 4) is 0 Å². The number of hydrogen-bond acceptors (Lipinski definition) is 1. The standard InChI is InChI=1S/C17H22Cl2N2/c1-3-12-5-4-6-14(9-12)21-16-8-7-13(19)10-15(16)20-17(21)11(2)18/h7-8,10-12,14H,3-6,9H2,1-2H3. The number of halogens is 2. The zero-order valence-electron chi connectivity index (χ0n) is 12.6. The first kappa shape index (κ1) is 15.2. The first-order valence-corrected chi connectivity index (χ1v) is 8.73. The molecule has 4 heteroatoms. The maximum atomic E-state index is 6.39. The topological polar surface area (TPSA) is 17.8 Å². The molecule has 0 N–H and O–H groups in total. The van der Waals surface area contributed by atoms with E-state index in [4.69, 9.17) is 28.2 Å². The Morgan fingerprint density at radius 1 is 1.38 bits per heavy atom. The van der Waals surface area contributed by atoms with E-state index in [1.54, 1.807) is 0 Å². The third kappa shape index (κ3) is 2.93. The normalized spacial score (nSPS) is 24.4. The van der Waals surface area contributed by atoms with Crippen molar-refractivity contribution in [1.82, 2.24) is 9.55 Å². The quantitative estimate of drug-likeness (QED) is 0.621. The van der Waals surface area contributed by atoms with Gasteiger partial charge in [0.2, 0.25) is 0 Å². The van der Waals surface area contributed by atoms with Crippen molar-refractivity contribution < 1.29 is 0 Å². The highest BCUT2D eigenvalue weighted by Gasteiger charge is 2.27. The van der Waals surface area contributed by atoms with Gasteiger partial charge in [-0.15, -0.1) is 11.6 Å². The molecule has 114 valence electrons. The molecule has 1 aliphatic rings. The average Bonchev–Trinajstić information content (AvgIpc) is 2.86. The second-order valence-corrected chi connectivity index (χ2v) is 7.27. The molecule has 0 spiro atoms. The van der Waals surface area contributed by atoms with Crippen LogP contribution in [0.25, 0.3) is 11.0 Å². The Bertz CT molecular complexity index is 633. The lowest BCUT2D eigenvalue weighted by Gasteiger charge is -2.31. The van der Waals surface area contributed by atoms with Crippen molar-refractivity contribution in [1.29, 1.82) is 0 Å². The smallest absolute Gasteiger partial charge is 0.127 e. The Hall–Kier alpha value is -0.730. The molecule has 0 radical (unpaired) electrons.